The Morgan fingerprint density at radius 3 is 1.21 bits per heavy atom. The van der Waals surface area contributed by atoms with Gasteiger partial charge in [0.25, 0.3) is 32.1 Å². The summed E-state index contributed by atoms with van der Waals surface area (Å²) in [5.74, 6) is -1.89. The lowest BCUT2D eigenvalue weighted by molar-refractivity contribution is -0.124. The number of rotatable bonds is 19. The zero-order valence-electron chi connectivity index (χ0n) is 38.9. The minimum absolute atomic E-state index is 0.172. The van der Waals surface area contributed by atoms with Crippen LogP contribution in [-0.2, 0) is 29.8 Å². The molecule has 0 bridgehead atoms. The fraction of sp³-hybridized carbons (Fsp3) is 0.385. The van der Waals surface area contributed by atoms with Crippen molar-refractivity contribution in [1.29, 1.82) is 0 Å². The van der Waals surface area contributed by atoms with Crippen LogP contribution in [0.2, 0.25) is 0 Å². The molecule has 0 saturated heterocycles. The molecule has 4 aromatic carbocycles. The first-order valence-electron chi connectivity index (χ1n) is 24.2. The van der Waals surface area contributed by atoms with Gasteiger partial charge in [0, 0.05) is 46.3 Å². The number of aromatic amines is 2. The van der Waals surface area contributed by atoms with E-state index in [9.17, 15) is 45.1 Å². The number of amides is 4. The summed E-state index contributed by atoms with van der Waals surface area (Å²) in [6.07, 6.45) is 11.2. The van der Waals surface area contributed by atoms with Gasteiger partial charge >= 0.3 is 0 Å². The maximum absolute atomic E-state index is 14.6. The van der Waals surface area contributed by atoms with Crippen LogP contribution in [-0.4, -0.2) is 84.7 Å². The highest BCUT2D eigenvalue weighted by Gasteiger charge is 2.41. The van der Waals surface area contributed by atoms with Crippen LogP contribution in [0.25, 0.3) is 21.8 Å². The van der Waals surface area contributed by atoms with Gasteiger partial charge in [-0.2, -0.15) is 16.8 Å². The molecule has 0 spiro atoms. The third-order valence-corrected chi connectivity index (χ3v) is 15.5. The van der Waals surface area contributed by atoms with Gasteiger partial charge in [0.2, 0.25) is 11.8 Å². The van der Waals surface area contributed by atoms with E-state index < -0.39 is 44.1 Å². The monoisotopic (exact) mass is 992 g/mol. The number of nitrogens with one attached hydrogen (secondary N) is 4. The Morgan fingerprint density at radius 1 is 0.514 bits per heavy atom. The number of nitrogens with zero attached hydrogens (tertiary/aromatic N) is 2. The molecule has 2 aromatic heterocycles. The Bertz CT molecular complexity index is 2760. The fourth-order valence-electron chi connectivity index (χ4n) is 10.2. The lowest BCUT2D eigenvalue weighted by Crippen LogP contribution is -2.54. The largest absolute Gasteiger partial charge is 0.354 e. The summed E-state index contributed by atoms with van der Waals surface area (Å²) in [5, 5.41) is 7.83. The van der Waals surface area contributed by atoms with Crippen molar-refractivity contribution in [3.05, 3.63) is 121 Å². The first kappa shape index (κ1) is 50.1. The number of aromatic nitrogens is 2. The van der Waals surface area contributed by atoms with Crippen molar-refractivity contribution in [2.75, 3.05) is 22.9 Å². The smallest absolute Gasteiger partial charge is 0.294 e. The Balaban J connectivity index is 0.933. The molecular weight excluding hydrogens is 933 g/mol. The molecular formula is C52H60N6O10S2. The third kappa shape index (κ3) is 11.8. The number of H-pyrrole nitrogens is 2. The van der Waals surface area contributed by atoms with Crippen LogP contribution < -0.4 is 20.4 Å². The van der Waals surface area contributed by atoms with E-state index in [1.807, 2.05) is 48.5 Å². The molecule has 6 N–H and O–H groups in total. The number of unbranched alkanes of at least 4 members (excludes halogenated alkanes) is 3. The molecule has 18 heteroatoms. The summed E-state index contributed by atoms with van der Waals surface area (Å²) in [6, 6.07) is 27.2. The van der Waals surface area contributed by atoms with E-state index in [1.165, 1.54) is 58.3 Å². The van der Waals surface area contributed by atoms with Crippen molar-refractivity contribution >= 4 is 77.0 Å². The summed E-state index contributed by atoms with van der Waals surface area (Å²) in [6.45, 7) is 0.658. The van der Waals surface area contributed by atoms with Crippen LogP contribution >= 0.6 is 0 Å². The highest BCUT2D eigenvalue weighted by atomic mass is 32.2. The molecule has 8 rings (SSSR count). The first-order valence-corrected chi connectivity index (χ1v) is 27.1. The van der Waals surface area contributed by atoms with Crippen LogP contribution in [0.1, 0.15) is 111 Å². The number of carbonyl (C=O) groups excluding carboxylic acids is 4. The maximum Gasteiger partial charge on any atom is 0.294 e. The highest BCUT2D eigenvalue weighted by Crippen LogP contribution is 2.36. The van der Waals surface area contributed by atoms with E-state index in [-0.39, 0.29) is 44.8 Å². The number of benzene rings is 4. The van der Waals surface area contributed by atoms with Gasteiger partial charge in [-0.15, -0.1) is 0 Å². The number of fused-ring (bicyclic) bond motifs is 2. The van der Waals surface area contributed by atoms with Crippen molar-refractivity contribution in [2.24, 2.45) is 11.8 Å². The quantitative estimate of drug-likeness (QED) is 0.0333. The maximum atomic E-state index is 14.6. The predicted octanol–water partition coefficient (Wildman–Crippen LogP) is 8.83. The van der Waals surface area contributed by atoms with Gasteiger partial charge in [-0.3, -0.25) is 38.1 Å². The van der Waals surface area contributed by atoms with Gasteiger partial charge in [0.05, 0.1) is 9.79 Å². The topological polar surface area (TPSA) is 239 Å². The average molecular weight is 993 g/mol. The van der Waals surface area contributed by atoms with Gasteiger partial charge in [0.1, 0.15) is 23.5 Å². The summed E-state index contributed by atoms with van der Waals surface area (Å²) in [5.41, 5.74) is 2.67. The Labute approximate surface area is 408 Å². The Morgan fingerprint density at radius 2 is 0.871 bits per heavy atom. The lowest BCUT2D eigenvalue weighted by Gasteiger charge is -2.38. The third-order valence-electron chi connectivity index (χ3n) is 13.8. The van der Waals surface area contributed by atoms with E-state index in [4.69, 9.17) is 0 Å². The molecule has 2 unspecified atom stereocenters. The standard InChI is InChI=1S/C52H60N6O10S2/c59-49(47(35-15-5-3-6-16-35)57(39-23-27-41(28-24-39)69(63,64)65)51(61)45-33-37-19-9-11-21-43(37)55-45)53-31-13-1-2-14-32-54-50(60)48(36-17-7-4-8-18-36)58(40-25-29-42(30-26-40)70(66,67)68)52(62)46-34-38-20-10-12-22-44(38)56-46/h9-12,19-30,33-36,47-48,55-56H,1-8,13-18,31-32H2,(H,53,59)(H,54,60)(H,63,64,65)(H,66,67,68). The van der Waals surface area contributed by atoms with Crippen molar-refractivity contribution in [3.8, 4) is 0 Å². The van der Waals surface area contributed by atoms with Crippen molar-refractivity contribution in [3.63, 3.8) is 0 Å². The number of hydrogen-bond donors (Lipinski definition) is 6. The van der Waals surface area contributed by atoms with Gasteiger partial charge in [-0.25, -0.2) is 0 Å². The van der Waals surface area contributed by atoms with Crippen molar-refractivity contribution in [2.45, 2.75) is 112 Å². The highest BCUT2D eigenvalue weighted by molar-refractivity contribution is 7.86. The molecule has 2 aliphatic carbocycles. The fourth-order valence-corrected chi connectivity index (χ4v) is 11.2. The van der Waals surface area contributed by atoms with Crippen LogP contribution in [0, 0.1) is 11.8 Å². The normalized spacial score (nSPS) is 15.9. The van der Waals surface area contributed by atoms with Crippen LogP contribution in [0.5, 0.6) is 0 Å². The molecule has 16 nitrogen and oxygen atoms in total. The SMILES string of the molecule is O=C(NCCCCCCNC(=O)C(C1CCCCC1)N(C(=O)c1cc2ccccc2[nH]1)c1ccc(S(=O)(=O)O)cc1)C(C1CCCCC1)N(C(=O)c1cc2ccccc2[nH]1)c1ccc(S(=O)(=O)O)cc1. The molecule has 370 valence electrons. The minimum Gasteiger partial charge on any atom is -0.354 e. The van der Waals surface area contributed by atoms with E-state index >= 15 is 0 Å². The second-order valence-electron chi connectivity index (χ2n) is 18.5. The molecule has 0 aliphatic heterocycles. The van der Waals surface area contributed by atoms with Crippen LogP contribution in [0.4, 0.5) is 11.4 Å². The molecule has 2 atom stereocenters. The van der Waals surface area contributed by atoms with Gasteiger partial charge < -0.3 is 20.6 Å². The molecule has 2 aliphatic rings. The summed E-state index contributed by atoms with van der Waals surface area (Å²) in [7, 11) is -9.02. The number of carbonyl (C=O) groups is 4. The van der Waals surface area contributed by atoms with E-state index in [0.29, 0.717) is 37.3 Å². The average Bonchev–Trinajstić information content (AvgIpc) is 4.01. The Kier molecular flexibility index (Phi) is 15.9. The zero-order chi connectivity index (χ0) is 49.4. The summed E-state index contributed by atoms with van der Waals surface area (Å²) in [4.78, 5) is 66.7. The molecule has 70 heavy (non-hydrogen) atoms. The predicted molar refractivity (Wildman–Crippen MR) is 268 cm³/mol. The first-order chi connectivity index (χ1) is 33.7. The lowest BCUT2D eigenvalue weighted by atomic mass is 9.82. The molecule has 0 radical (unpaired) electrons. The molecule has 4 amide bonds. The van der Waals surface area contributed by atoms with Crippen LogP contribution in [0.3, 0.4) is 0 Å². The number of para-hydroxylation sites is 2. The molecule has 2 heterocycles. The van der Waals surface area contributed by atoms with E-state index in [1.54, 1.807) is 12.1 Å². The number of hydrogen-bond acceptors (Lipinski definition) is 8. The van der Waals surface area contributed by atoms with Crippen LogP contribution in [0.15, 0.2) is 119 Å². The van der Waals surface area contributed by atoms with E-state index in [2.05, 4.69) is 20.6 Å². The zero-order valence-corrected chi connectivity index (χ0v) is 40.5. The second kappa shape index (κ2) is 22.2. The van der Waals surface area contributed by atoms with Gasteiger partial charge in [-0.05, 0) is 123 Å². The minimum atomic E-state index is -4.51. The second-order valence-corrected chi connectivity index (χ2v) is 21.4. The summed E-state index contributed by atoms with van der Waals surface area (Å²) < 4.78 is 67.2. The molecule has 2 saturated carbocycles. The summed E-state index contributed by atoms with van der Waals surface area (Å²) >= 11 is 0. The molecule has 2 fully saturated rings. The number of anilines is 2. The van der Waals surface area contributed by atoms with Crippen molar-refractivity contribution < 1.29 is 45.1 Å². The van der Waals surface area contributed by atoms with Crippen molar-refractivity contribution in [1.82, 2.24) is 20.6 Å². The van der Waals surface area contributed by atoms with Gasteiger partial charge in [-0.1, -0.05) is 87.8 Å². The van der Waals surface area contributed by atoms with Gasteiger partial charge in [0.15, 0.2) is 0 Å². The molecule has 6 aromatic rings. The van der Waals surface area contributed by atoms with E-state index in [0.717, 1.165) is 98.9 Å². The Hall–Kier alpha value is -6.34.